The summed E-state index contributed by atoms with van der Waals surface area (Å²) in [5.74, 6) is 2.11. The van der Waals surface area contributed by atoms with Crippen molar-refractivity contribution in [1.29, 1.82) is 0 Å². The van der Waals surface area contributed by atoms with E-state index in [1.807, 2.05) is 18.2 Å². The summed E-state index contributed by atoms with van der Waals surface area (Å²) in [7, 11) is 0. The number of nitrogens with zero attached hydrogens (tertiary/aromatic N) is 2. The summed E-state index contributed by atoms with van der Waals surface area (Å²) in [6, 6.07) is 9.24. The molecule has 0 radical (unpaired) electrons. The van der Waals surface area contributed by atoms with E-state index in [0.717, 1.165) is 6.42 Å². The summed E-state index contributed by atoms with van der Waals surface area (Å²) in [4.78, 5) is 26.0. The molecule has 3 saturated carbocycles. The number of rotatable bonds is 2. The van der Waals surface area contributed by atoms with Crippen LogP contribution >= 0.6 is 0 Å². The van der Waals surface area contributed by atoms with E-state index in [9.17, 15) is 9.59 Å². The van der Waals surface area contributed by atoms with Gasteiger partial charge in [-0.2, -0.15) is 0 Å². The largest absolute Gasteiger partial charge is 0.351 e. The van der Waals surface area contributed by atoms with Crippen molar-refractivity contribution in [2.45, 2.75) is 39.2 Å². The predicted molar refractivity (Wildman–Crippen MR) is 107 cm³/mol. The standard InChI is InChI=1S/C23H25N3O2/c1-13(2)15-12-18(20-17-9-8-16(19(15)20)23(17)10-11-23)26-22(28)25(21(27)24-26)14-6-4-3-5-7-14/h3-9,16-20H,10-12H2,1-2H3,(H,24,27)/t16-,17-,18-,19-,20-/m0/s1. The lowest BCUT2D eigenvalue weighted by molar-refractivity contribution is 0.254. The number of para-hydroxylation sites is 1. The molecular weight excluding hydrogens is 350 g/mol. The number of aromatic nitrogens is 3. The molecule has 1 heterocycles. The monoisotopic (exact) mass is 375 g/mol. The Labute approximate surface area is 163 Å². The molecule has 3 fully saturated rings. The summed E-state index contributed by atoms with van der Waals surface area (Å²) in [6.07, 6.45) is 8.35. The van der Waals surface area contributed by atoms with Crippen LogP contribution in [0.1, 0.15) is 39.2 Å². The molecule has 4 aliphatic carbocycles. The summed E-state index contributed by atoms with van der Waals surface area (Å²) < 4.78 is 2.92. The highest BCUT2D eigenvalue weighted by atomic mass is 16.2. The van der Waals surface area contributed by atoms with Gasteiger partial charge in [0.2, 0.25) is 0 Å². The molecule has 1 aromatic carbocycles. The molecule has 5 atom stereocenters. The van der Waals surface area contributed by atoms with E-state index in [2.05, 4.69) is 31.1 Å². The van der Waals surface area contributed by atoms with E-state index >= 15 is 0 Å². The van der Waals surface area contributed by atoms with Crippen LogP contribution in [0.4, 0.5) is 0 Å². The number of benzene rings is 1. The van der Waals surface area contributed by atoms with Gasteiger partial charge in [0, 0.05) is 0 Å². The van der Waals surface area contributed by atoms with Gasteiger partial charge in [0.15, 0.2) is 0 Å². The van der Waals surface area contributed by atoms with E-state index in [-0.39, 0.29) is 17.4 Å². The lowest BCUT2D eigenvalue weighted by Gasteiger charge is -2.26. The lowest BCUT2D eigenvalue weighted by atomic mass is 9.82. The Bertz CT molecular complexity index is 1140. The molecule has 5 nitrogen and oxygen atoms in total. The first kappa shape index (κ1) is 16.4. The van der Waals surface area contributed by atoms with Crippen molar-refractivity contribution >= 4 is 0 Å². The third-order valence-electron chi connectivity index (χ3n) is 7.98. The maximum absolute atomic E-state index is 13.3. The number of hydrogen-bond donors (Lipinski definition) is 1. The van der Waals surface area contributed by atoms with Crippen molar-refractivity contribution in [3.63, 3.8) is 0 Å². The lowest BCUT2D eigenvalue weighted by Crippen LogP contribution is -2.32. The number of hydrogen-bond acceptors (Lipinski definition) is 2. The summed E-state index contributed by atoms with van der Waals surface area (Å²) in [5.41, 5.74) is 3.37. The van der Waals surface area contributed by atoms with Gasteiger partial charge in [0.1, 0.15) is 0 Å². The minimum absolute atomic E-state index is 0.0393. The van der Waals surface area contributed by atoms with Crippen molar-refractivity contribution < 1.29 is 0 Å². The smallest absolute Gasteiger partial charge is 0.246 e. The second-order valence-corrected chi connectivity index (χ2v) is 9.31. The van der Waals surface area contributed by atoms with Crippen LogP contribution in [0.5, 0.6) is 0 Å². The minimum Gasteiger partial charge on any atom is -0.246 e. The molecule has 2 bridgehead atoms. The van der Waals surface area contributed by atoms with Gasteiger partial charge in [-0.05, 0) is 74.3 Å². The number of allylic oxidation sites excluding steroid dienone is 4. The Morgan fingerprint density at radius 2 is 1.79 bits per heavy atom. The van der Waals surface area contributed by atoms with Gasteiger partial charge in [-0.1, -0.05) is 41.5 Å². The molecule has 0 amide bonds. The molecule has 6 rings (SSSR count). The zero-order chi connectivity index (χ0) is 19.2. The van der Waals surface area contributed by atoms with E-state index < -0.39 is 0 Å². The molecule has 0 aliphatic heterocycles. The molecule has 1 N–H and O–H groups in total. The Balaban J connectivity index is 1.50. The average Bonchev–Trinajstić information content (AvgIpc) is 3.02. The molecule has 4 aliphatic rings. The van der Waals surface area contributed by atoms with Crippen LogP contribution < -0.4 is 11.4 Å². The van der Waals surface area contributed by atoms with Gasteiger partial charge in [0.25, 0.3) is 0 Å². The second-order valence-electron chi connectivity index (χ2n) is 9.31. The normalized spacial score (nSPS) is 33.6. The molecular formula is C23H25N3O2. The van der Waals surface area contributed by atoms with Crippen molar-refractivity contribution in [2.24, 2.45) is 29.1 Å². The zero-order valence-corrected chi connectivity index (χ0v) is 16.3. The Hall–Kier alpha value is -2.56. The Kier molecular flexibility index (Phi) is 3.09. The first-order valence-electron chi connectivity index (χ1n) is 10.4. The number of fused-ring (bicyclic) bond motifs is 3. The van der Waals surface area contributed by atoms with E-state index in [1.165, 1.54) is 28.6 Å². The molecule has 144 valence electrons. The van der Waals surface area contributed by atoms with E-state index in [4.69, 9.17) is 0 Å². The topological polar surface area (TPSA) is 59.8 Å². The summed E-state index contributed by atoms with van der Waals surface area (Å²) in [5, 5.41) is 2.90. The quantitative estimate of drug-likeness (QED) is 0.818. The molecule has 1 spiro atoms. The van der Waals surface area contributed by atoms with Crippen molar-refractivity contribution in [2.75, 3.05) is 0 Å². The third kappa shape index (κ3) is 1.87. The van der Waals surface area contributed by atoms with Crippen molar-refractivity contribution in [1.82, 2.24) is 14.3 Å². The average molecular weight is 375 g/mol. The van der Waals surface area contributed by atoms with Crippen LogP contribution in [0.15, 0.2) is 63.2 Å². The highest BCUT2D eigenvalue weighted by Gasteiger charge is 2.70. The van der Waals surface area contributed by atoms with Crippen LogP contribution in [-0.4, -0.2) is 14.3 Å². The van der Waals surface area contributed by atoms with Crippen LogP contribution in [0.3, 0.4) is 0 Å². The molecule has 28 heavy (non-hydrogen) atoms. The SMILES string of the molecule is CC(C)=C1C[C@H](n2[nH]c(=O)n(-c3ccccc3)c2=O)[C@H]2[C@@H]1[C@@H]1C=C[C@@H]2C12CC2. The number of nitrogens with one attached hydrogen (secondary N) is 1. The van der Waals surface area contributed by atoms with Crippen LogP contribution in [0.25, 0.3) is 5.69 Å². The van der Waals surface area contributed by atoms with E-state index in [0.29, 0.717) is 34.8 Å². The molecule has 5 heteroatoms. The van der Waals surface area contributed by atoms with Gasteiger partial charge >= 0.3 is 11.4 Å². The van der Waals surface area contributed by atoms with Crippen LogP contribution in [0, 0.1) is 29.1 Å². The van der Waals surface area contributed by atoms with Gasteiger partial charge in [-0.15, -0.1) is 0 Å². The van der Waals surface area contributed by atoms with Gasteiger partial charge < -0.3 is 0 Å². The van der Waals surface area contributed by atoms with Crippen molar-refractivity contribution in [3.05, 3.63) is 74.6 Å². The fourth-order valence-corrected chi connectivity index (χ4v) is 6.76. The molecule has 0 saturated heterocycles. The van der Waals surface area contributed by atoms with Crippen LogP contribution in [0.2, 0.25) is 0 Å². The van der Waals surface area contributed by atoms with Gasteiger partial charge in [-0.3, -0.25) is 0 Å². The van der Waals surface area contributed by atoms with E-state index in [1.54, 1.807) is 16.8 Å². The van der Waals surface area contributed by atoms with Crippen LogP contribution in [-0.2, 0) is 0 Å². The maximum atomic E-state index is 13.3. The predicted octanol–water partition coefficient (Wildman–Crippen LogP) is 3.44. The van der Waals surface area contributed by atoms with Crippen molar-refractivity contribution in [3.8, 4) is 5.69 Å². The summed E-state index contributed by atoms with van der Waals surface area (Å²) >= 11 is 0. The minimum atomic E-state index is -0.349. The van der Waals surface area contributed by atoms with Gasteiger partial charge in [-0.25, -0.2) is 23.9 Å². The molecule has 0 unspecified atom stereocenters. The Morgan fingerprint density at radius 3 is 2.46 bits per heavy atom. The highest BCUT2D eigenvalue weighted by Crippen LogP contribution is 2.77. The number of aromatic amines is 1. The third-order valence-corrected chi connectivity index (χ3v) is 7.98. The van der Waals surface area contributed by atoms with Gasteiger partial charge in [0.05, 0.1) is 11.7 Å². The molecule has 2 aromatic rings. The second kappa shape index (κ2) is 5.28. The zero-order valence-electron chi connectivity index (χ0n) is 16.3. The first-order valence-corrected chi connectivity index (χ1v) is 10.4. The highest BCUT2D eigenvalue weighted by molar-refractivity contribution is 5.39. The first-order chi connectivity index (χ1) is 13.5. The molecule has 1 aromatic heterocycles. The Morgan fingerprint density at radius 1 is 1.07 bits per heavy atom. The fourth-order valence-electron chi connectivity index (χ4n) is 6.76. The fraction of sp³-hybridized carbons (Fsp3) is 0.478. The maximum Gasteiger partial charge on any atom is 0.351 e. The number of H-pyrrole nitrogens is 1. The summed E-state index contributed by atoms with van der Waals surface area (Å²) in [6.45, 7) is 4.40.